The smallest absolute Gasteiger partial charge is 0.249 e. The van der Waals surface area contributed by atoms with Gasteiger partial charge in [-0.1, -0.05) is 49.1 Å². The van der Waals surface area contributed by atoms with Gasteiger partial charge >= 0.3 is 0 Å². The summed E-state index contributed by atoms with van der Waals surface area (Å²) in [5.74, 6) is 1.09. The lowest BCUT2D eigenvalue weighted by Gasteiger charge is -2.39. The molecular weight excluding hydrogens is 790 g/mol. The Morgan fingerprint density at radius 3 is 2.36 bits per heavy atom. The molecule has 0 bridgehead atoms. The summed E-state index contributed by atoms with van der Waals surface area (Å²) >= 11 is 6.65. The van der Waals surface area contributed by atoms with Gasteiger partial charge in [0.25, 0.3) is 0 Å². The zero-order valence-electron chi connectivity index (χ0n) is 34.6. The maximum Gasteiger partial charge on any atom is 0.249 e. The first-order chi connectivity index (χ1) is 29.7. The minimum Gasteiger partial charge on any atom is -0.374 e. The number of pyridine rings is 1. The van der Waals surface area contributed by atoms with Gasteiger partial charge in [-0.05, 0) is 105 Å². The lowest BCUT2D eigenvalue weighted by Crippen LogP contribution is -2.47. The zero-order chi connectivity index (χ0) is 41.9. The Labute approximate surface area is 362 Å². The van der Waals surface area contributed by atoms with Crippen molar-refractivity contribution in [2.45, 2.75) is 95.4 Å². The summed E-state index contributed by atoms with van der Waals surface area (Å²) in [5.41, 5.74) is 5.87. The fraction of sp³-hybridized carbons (Fsp3) is 0.468. The summed E-state index contributed by atoms with van der Waals surface area (Å²) in [6.07, 6.45) is 16.7. The maximum absolute atomic E-state index is 14.1. The molecule has 4 saturated heterocycles. The van der Waals surface area contributed by atoms with Crippen LogP contribution in [0.25, 0.3) is 11.3 Å². The number of halogens is 1. The number of imide groups is 1. The number of nitrogens with zero attached hydrogens (tertiary/aromatic N) is 6. The van der Waals surface area contributed by atoms with Gasteiger partial charge in [0.2, 0.25) is 29.6 Å². The fourth-order valence-electron chi connectivity index (χ4n) is 10.1. The molecule has 4 amide bonds. The highest BCUT2D eigenvalue weighted by atomic mass is 35.5. The molecule has 4 aromatic rings. The van der Waals surface area contributed by atoms with Crippen molar-refractivity contribution < 1.29 is 19.2 Å². The molecule has 1 atom stereocenters. The SMILES string of the molecule is O=C1CCC(Nc2ccc(N3CCC(CC(=O)N4CCC5(CC4)CCN(c4cncc(Nc6ncc(Cl)c(-c7cccc(C8CCCCC8)c7)n6)c4)C5=O)CC3)cc2)C(=O)N1. The van der Waals surface area contributed by atoms with E-state index >= 15 is 0 Å². The van der Waals surface area contributed by atoms with Gasteiger partial charge in [-0.3, -0.25) is 29.5 Å². The topological polar surface area (TPSA) is 153 Å². The van der Waals surface area contributed by atoms with Gasteiger partial charge in [-0.15, -0.1) is 0 Å². The van der Waals surface area contributed by atoms with E-state index in [9.17, 15) is 19.2 Å². The van der Waals surface area contributed by atoms with E-state index in [-0.39, 0.29) is 23.6 Å². The lowest BCUT2D eigenvalue weighted by atomic mass is 9.77. The minimum absolute atomic E-state index is 0.105. The van der Waals surface area contributed by atoms with E-state index in [2.05, 4.69) is 61.2 Å². The molecule has 2 aromatic carbocycles. The number of carbonyl (C=O) groups excluding carboxylic acids is 4. The molecule has 13 nitrogen and oxygen atoms in total. The predicted molar refractivity (Wildman–Crippen MR) is 237 cm³/mol. The van der Waals surface area contributed by atoms with Crippen LogP contribution in [-0.4, -0.2) is 82.2 Å². The van der Waals surface area contributed by atoms with Crippen molar-refractivity contribution >= 4 is 63.9 Å². The van der Waals surface area contributed by atoms with E-state index < -0.39 is 11.5 Å². The zero-order valence-corrected chi connectivity index (χ0v) is 35.3. The molecule has 9 rings (SSSR count). The molecule has 6 heterocycles. The van der Waals surface area contributed by atoms with Crippen molar-refractivity contribution in [1.82, 2.24) is 25.2 Å². The van der Waals surface area contributed by atoms with Gasteiger partial charge in [0.15, 0.2) is 0 Å². The summed E-state index contributed by atoms with van der Waals surface area (Å²) in [5, 5.41) is 9.41. The second-order valence-electron chi connectivity index (χ2n) is 17.6. The largest absolute Gasteiger partial charge is 0.374 e. The van der Waals surface area contributed by atoms with E-state index in [4.69, 9.17) is 16.6 Å². The van der Waals surface area contributed by atoms with Crippen molar-refractivity contribution in [3.63, 3.8) is 0 Å². The van der Waals surface area contributed by atoms with Crippen LogP contribution in [0.3, 0.4) is 0 Å². The number of amides is 4. The number of carbonyl (C=O) groups is 4. The lowest BCUT2D eigenvalue weighted by molar-refractivity contribution is -0.138. The summed E-state index contributed by atoms with van der Waals surface area (Å²) < 4.78 is 0. The molecule has 1 unspecified atom stereocenters. The van der Waals surface area contributed by atoms with Crippen molar-refractivity contribution in [3.8, 4) is 11.3 Å². The van der Waals surface area contributed by atoms with Gasteiger partial charge in [-0.25, -0.2) is 9.97 Å². The summed E-state index contributed by atoms with van der Waals surface area (Å²) in [6, 6.07) is 18.1. The standard InChI is InChI=1S/C47H54ClN9O4/c48-39-30-50-46(54-43(39)34-8-4-7-33(26-34)32-5-2-1-3-6-32)52-36-27-38(29-49-28-36)57-24-19-47(45(57)61)17-22-56(23-18-47)42(59)25-31-15-20-55(21-16-31)37-11-9-35(10-12-37)51-40-13-14-41(58)53-44(40)60/h4,7-12,26-32,40,51H,1-3,5-6,13-25H2,(H,50,52,54)(H,53,58,60). The molecule has 14 heteroatoms. The van der Waals surface area contributed by atoms with E-state index in [0.29, 0.717) is 85.9 Å². The van der Waals surface area contributed by atoms with Crippen molar-refractivity contribution in [3.05, 3.63) is 83.8 Å². The third-order valence-corrected chi connectivity index (χ3v) is 14.0. The Morgan fingerprint density at radius 1 is 0.820 bits per heavy atom. The van der Waals surface area contributed by atoms with Crippen LogP contribution in [0.2, 0.25) is 5.02 Å². The molecule has 318 valence electrons. The molecule has 5 aliphatic rings. The minimum atomic E-state index is -0.473. The Hall–Kier alpha value is -5.56. The van der Waals surface area contributed by atoms with E-state index in [1.165, 1.54) is 37.7 Å². The monoisotopic (exact) mass is 843 g/mol. The predicted octanol–water partition coefficient (Wildman–Crippen LogP) is 7.85. The number of likely N-dealkylation sites (tertiary alicyclic amines) is 1. The summed E-state index contributed by atoms with van der Waals surface area (Å²) in [7, 11) is 0. The number of hydrogen-bond donors (Lipinski definition) is 3. The number of hydrogen-bond acceptors (Lipinski definition) is 10. The van der Waals surface area contributed by atoms with Crippen LogP contribution in [0.1, 0.15) is 95.0 Å². The van der Waals surface area contributed by atoms with Gasteiger partial charge in [0.05, 0.1) is 46.1 Å². The second kappa shape index (κ2) is 17.8. The number of rotatable bonds is 10. The average molecular weight is 844 g/mol. The first-order valence-corrected chi connectivity index (χ1v) is 22.5. The molecule has 4 aliphatic heterocycles. The number of benzene rings is 2. The highest BCUT2D eigenvalue weighted by molar-refractivity contribution is 6.32. The van der Waals surface area contributed by atoms with Crippen molar-refractivity contribution in [2.24, 2.45) is 11.3 Å². The molecular formula is C47H54ClN9O4. The molecule has 1 aliphatic carbocycles. The molecule has 1 spiro atoms. The molecule has 0 radical (unpaired) electrons. The maximum atomic E-state index is 14.1. The highest BCUT2D eigenvalue weighted by Crippen LogP contribution is 2.44. The van der Waals surface area contributed by atoms with Crippen LogP contribution in [-0.2, 0) is 19.2 Å². The van der Waals surface area contributed by atoms with E-state index in [1.807, 2.05) is 34.1 Å². The van der Waals surface area contributed by atoms with Crippen LogP contribution >= 0.6 is 11.6 Å². The number of aromatic nitrogens is 3. The van der Waals surface area contributed by atoms with E-state index in [1.54, 1.807) is 18.6 Å². The third-order valence-electron chi connectivity index (χ3n) is 13.7. The summed E-state index contributed by atoms with van der Waals surface area (Å²) in [6.45, 7) is 3.54. The quantitative estimate of drug-likeness (QED) is 0.135. The van der Waals surface area contributed by atoms with Crippen LogP contribution < -0.4 is 25.8 Å². The Bertz CT molecular complexity index is 2270. The molecule has 5 fully saturated rings. The Morgan fingerprint density at radius 2 is 1.59 bits per heavy atom. The Balaban J connectivity index is 0.752. The normalized spacial score (nSPS) is 21.2. The first-order valence-electron chi connectivity index (χ1n) is 22.1. The molecule has 2 aromatic heterocycles. The third kappa shape index (κ3) is 9.07. The molecule has 61 heavy (non-hydrogen) atoms. The van der Waals surface area contributed by atoms with Crippen LogP contribution in [0, 0.1) is 11.3 Å². The highest BCUT2D eigenvalue weighted by Gasteiger charge is 2.49. The average Bonchev–Trinajstić information content (AvgIpc) is 3.60. The van der Waals surface area contributed by atoms with Gasteiger partial charge in [0.1, 0.15) is 6.04 Å². The molecule has 1 saturated carbocycles. The van der Waals surface area contributed by atoms with Crippen molar-refractivity contribution in [2.75, 3.05) is 53.2 Å². The molecule has 3 N–H and O–H groups in total. The number of piperidine rings is 3. The van der Waals surface area contributed by atoms with Crippen LogP contribution in [0.15, 0.2) is 73.2 Å². The van der Waals surface area contributed by atoms with Gasteiger partial charge < -0.3 is 25.3 Å². The van der Waals surface area contributed by atoms with Gasteiger partial charge in [0, 0.05) is 62.5 Å². The van der Waals surface area contributed by atoms with Crippen LogP contribution in [0.4, 0.5) is 28.7 Å². The number of nitrogens with one attached hydrogen (secondary N) is 3. The van der Waals surface area contributed by atoms with Gasteiger partial charge in [-0.2, -0.15) is 0 Å². The summed E-state index contributed by atoms with van der Waals surface area (Å²) in [4.78, 5) is 71.2. The Kier molecular flexibility index (Phi) is 11.9. The number of anilines is 5. The second-order valence-corrected chi connectivity index (χ2v) is 18.0. The van der Waals surface area contributed by atoms with Crippen LogP contribution in [0.5, 0.6) is 0 Å². The van der Waals surface area contributed by atoms with E-state index in [0.717, 1.165) is 55.0 Å². The van der Waals surface area contributed by atoms with Crippen molar-refractivity contribution in [1.29, 1.82) is 0 Å². The fourth-order valence-corrected chi connectivity index (χ4v) is 10.3. The first kappa shape index (κ1) is 40.8.